The van der Waals surface area contributed by atoms with Crippen molar-refractivity contribution in [1.29, 1.82) is 0 Å². The summed E-state index contributed by atoms with van der Waals surface area (Å²) < 4.78 is 46.2. The van der Waals surface area contributed by atoms with Crippen molar-refractivity contribution in [1.82, 2.24) is 0 Å². The van der Waals surface area contributed by atoms with Gasteiger partial charge in [0.25, 0.3) is 10.0 Å². The minimum Gasteiger partial charge on any atom is -0.492 e. The van der Waals surface area contributed by atoms with Gasteiger partial charge in [-0.15, -0.1) is 0 Å². The molecule has 0 aliphatic heterocycles. The number of hydrogen-bond donors (Lipinski definition) is 1. The molecule has 0 saturated carbocycles. The van der Waals surface area contributed by atoms with E-state index in [4.69, 9.17) is 4.74 Å². The number of nitrogens with one attached hydrogen (secondary N) is 1. The van der Waals surface area contributed by atoms with Crippen molar-refractivity contribution in [3.8, 4) is 5.75 Å². The SMILES string of the molecule is CCOc1ccccc1NC(=O)CN(c1ccc(F)cc1)S(=O)(=O)c1ccccc1. The van der Waals surface area contributed by atoms with Crippen LogP contribution < -0.4 is 14.4 Å². The average Bonchev–Trinajstić information content (AvgIpc) is 2.75. The maximum atomic E-state index is 13.4. The van der Waals surface area contributed by atoms with Crippen LogP contribution in [0.1, 0.15) is 6.92 Å². The summed E-state index contributed by atoms with van der Waals surface area (Å²) in [5.41, 5.74) is 0.606. The number of para-hydroxylation sites is 2. The van der Waals surface area contributed by atoms with Crippen LogP contribution in [0, 0.1) is 5.82 Å². The number of nitrogens with zero attached hydrogens (tertiary/aromatic N) is 1. The maximum Gasteiger partial charge on any atom is 0.264 e. The van der Waals surface area contributed by atoms with E-state index < -0.39 is 28.3 Å². The Morgan fingerprint density at radius 2 is 1.60 bits per heavy atom. The second kappa shape index (κ2) is 9.41. The Morgan fingerprint density at radius 1 is 0.967 bits per heavy atom. The van der Waals surface area contributed by atoms with Crippen LogP contribution >= 0.6 is 0 Å². The molecule has 3 aromatic carbocycles. The second-order valence-electron chi connectivity index (χ2n) is 6.28. The van der Waals surface area contributed by atoms with Crippen LogP contribution in [-0.4, -0.2) is 27.5 Å². The van der Waals surface area contributed by atoms with Gasteiger partial charge in [-0.05, 0) is 55.5 Å². The molecule has 6 nitrogen and oxygen atoms in total. The van der Waals surface area contributed by atoms with Gasteiger partial charge >= 0.3 is 0 Å². The maximum absolute atomic E-state index is 13.4. The number of hydrogen-bond acceptors (Lipinski definition) is 4. The molecule has 0 unspecified atom stereocenters. The van der Waals surface area contributed by atoms with Crippen molar-refractivity contribution in [3.05, 3.63) is 84.7 Å². The third kappa shape index (κ3) is 4.96. The van der Waals surface area contributed by atoms with Crippen molar-refractivity contribution in [2.45, 2.75) is 11.8 Å². The zero-order valence-electron chi connectivity index (χ0n) is 16.3. The number of carbonyl (C=O) groups excluding carboxylic acids is 1. The summed E-state index contributed by atoms with van der Waals surface area (Å²) in [7, 11) is -4.06. The molecule has 0 spiro atoms. The first kappa shape index (κ1) is 21.3. The predicted octanol–water partition coefficient (Wildman–Crippen LogP) is 4.06. The average molecular weight is 428 g/mol. The van der Waals surface area contributed by atoms with Gasteiger partial charge in [0.05, 0.1) is 22.9 Å². The lowest BCUT2D eigenvalue weighted by atomic mass is 10.3. The normalized spacial score (nSPS) is 11.0. The lowest BCUT2D eigenvalue weighted by molar-refractivity contribution is -0.114. The zero-order chi connectivity index (χ0) is 21.6. The Kier molecular flexibility index (Phi) is 6.68. The topological polar surface area (TPSA) is 75.7 Å². The third-order valence-electron chi connectivity index (χ3n) is 4.19. The monoisotopic (exact) mass is 428 g/mol. The highest BCUT2D eigenvalue weighted by molar-refractivity contribution is 7.92. The van der Waals surface area contributed by atoms with Crippen LogP contribution in [0.25, 0.3) is 0 Å². The highest BCUT2D eigenvalue weighted by atomic mass is 32.2. The molecular weight excluding hydrogens is 407 g/mol. The molecule has 1 amide bonds. The molecule has 1 N–H and O–H groups in total. The summed E-state index contributed by atoms with van der Waals surface area (Å²) in [4.78, 5) is 12.8. The van der Waals surface area contributed by atoms with Gasteiger partial charge in [0.15, 0.2) is 0 Å². The molecule has 0 aromatic heterocycles. The van der Waals surface area contributed by atoms with Gasteiger partial charge in [-0.2, -0.15) is 0 Å². The first-order chi connectivity index (χ1) is 14.4. The smallest absolute Gasteiger partial charge is 0.264 e. The molecule has 0 fully saturated rings. The minimum absolute atomic E-state index is 0.0249. The quantitative estimate of drug-likeness (QED) is 0.587. The van der Waals surface area contributed by atoms with Crippen molar-refractivity contribution >= 4 is 27.3 Å². The number of carbonyl (C=O) groups is 1. The van der Waals surface area contributed by atoms with Crippen molar-refractivity contribution in [3.63, 3.8) is 0 Å². The summed E-state index contributed by atoms with van der Waals surface area (Å²) in [5.74, 6) is -0.593. The van der Waals surface area contributed by atoms with Gasteiger partial charge in [-0.25, -0.2) is 12.8 Å². The number of benzene rings is 3. The van der Waals surface area contributed by atoms with E-state index in [-0.39, 0.29) is 10.6 Å². The van der Waals surface area contributed by atoms with E-state index in [0.717, 1.165) is 16.4 Å². The number of amides is 1. The zero-order valence-corrected chi connectivity index (χ0v) is 17.1. The van der Waals surface area contributed by atoms with Crippen LogP contribution in [0.2, 0.25) is 0 Å². The van der Waals surface area contributed by atoms with E-state index in [1.165, 1.54) is 24.3 Å². The molecule has 3 rings (SSSR count). The van der Waals surface area contributed by atoms with Crippen LogP contribution in [0.3, 0.4) is 0 Å². The molecule has 3 aromatic rings. The van der Waals surface area contributed by atoms with Gasteiger partial charge in [0.1, 0.15) is 18.1 Å². The van der Waals surface area contributed by atoms with Crippen LogP contribution in [0.5, 0.6) is 5.75 Å². The first-order valence-corrected chi connectivity index (χ1v) is 10.7. The number of sulfonamides is 1. The fraction of sp³-hybridized carbons (Fsp3) is 0.136. The van der Waals surface area contributed by atoms with Crippen molar-refractivity contribution in [2.75, 3.05) is 22.8 Å². The Labute approximate surface area is 175 Å². The second-order valence-corrected chi connectivity index (χ2v) is 8.14. The summed E-state index contributed by atoms with van der Waals surface area (Å²) in [6.07, 6.45) is 0. The van der Waals surface area contributed by atoms with Gasteiger partial charge in [0, 0.05) is 0 Å². The molecule has 0 bridgehead atoms. The van der Waals surface area contributed by atoms with Crippen LogP contribution in [-0.2, 0) is 14.8 Å². The van der Waals surface area contributed by atoms with Gasteiger partial charge < -0.3 is 10.1 Å². The molecule has 156 valence electrons. The summed E-state index contributed by atoms with van der Waals surface area (Å²) in [5, 5.41) is 2.69. The highest BCUT2D eigenvalue weighted by Crippen LogP contribution is 2.26. The summed E-state index contributed by atoms with van der Waals surface area (Å²) >= 11 is 0. The summed E-state index contributed by atoms with van der Waals surface area (Å²) in [6, 6.07) is 19.5. The highest BCUT2D eigenvalue weighted by Gasteiger charge is 2.27. The standard InChI is InChI=1S/C22H21FN2O4S/c1-2-29-21-11-7-6-10-20(21)24-22(26)16-25(18-14-12-17(23)13-15-18)30(27,28)19-8-4-3-5-9-19/h3-15H,2,16H2,1H3,(H,24,26). The van der Waals surface area contributed by atoms with E-state index in [2.05, 4.69) is 5.32 Å². The number of halogens is 1. The van der Waals surface area contributed by atoms with Crippen molar-refractivity contribution < 1.29 is 22.3 Å². The Balaban J connectivity index is 1.92. The van der Waals surface area contributed by atoms with E-state index >= 15 is 0 Å². The predicted molar refractivity (Wildman–Crippen MR) is 114 cm³/mol. The fourth-order valence-corrected chi connectivity index (χ4v) is 4.26. The first-order valence-electron chi connectivity index (χ1n) is 9.27. The molecule has 0 heterocycles. The number of rotatable bonds is 8. The minimum atomic E-state index is -4.06. The molecule has 0 saturated heterocycles. The van der Waals surface area contributed by atoms with E-state index in [9.17, 15) is 17.6 Å². The number of anilines is 2. The molecule has 8 heteroatoms. The lowest BCUT2D eigenvalue weighted by Crippen LogP contribution is -2.38. The Morgan fingerprint density at radius 3 is 2.27 bits per heavy atom. The lowest BCUT2D eigenvalue weighted by Gasteiger charge is -2.24. The van der Waals surface area contributed by atoms with Crippen LogP contribution in [0.15, 0.2) is 83.8 Å². The van der Waals surface area contributed by atoms with Crippen LogP contribution in [0.4, 0.5) is 15.8 Å². The molecule has 0 atom stereocenters. The molecular formula is C22H21FN2O4S. The van der Waals surface area contributed by atoms with E-state index in [1.807, 2.05) is 6.92 Å². The molecule has 0 aliphatic rings. The summed E-state index contributed by atoms with van der Waals surface area (Å²) in [6.45, 7) is 1.74. The third-order valence-corrected chi connectivity index (χ3v) is 5.98. The Hall–Kier alpha value is -3.39. The molecule has 30 heavy (non-hydrogen) atoms. The van der Waals surface area contributed by atoms with E-state index in [1.54, 1.807) is 42.5 Å². The van der Waals surface area contributed by atoms with E-state index in [0.29, 0.717) is 18.0 Å². The van der Waals surface area contributed by atoms with Gasteiger partial charge in [-0.1, -0.05) is 30.3 Å². The Bertz CT molecular complexity index is 1100. The molecule has 0 radical (unpaired) electrons. The van der Waals surface area contributed by atoms with Gasteiger partial charge in [0.2, 0.25) is 5.91 Å². The van der Waals surface area contributed by atoms with Gasteiger partial charge in [-0.3, -0.25) is 9.10 Å². The number of ether oxygens (including phenoxy) is 1. The van der Waals surface area contributed by atoms with Crippen molar-refractivity contribution in [2.24, 2.45) is 0 Å². The largest absolute Gasteiger partial charge is 0.492 e. The fourth-order valence-electron chi connectivity index (χ4n) is 2.81. The molecule has 0 aliphatic carbocycles.